The highest BCUT2D eigenvalue weighted by Crippen LogP contribution is 2.27. The number of nitrogen functional groups attached to an aromatic ring is 1. The van der Waals surface area contributed by atoms with Gasteiger partial charge in [-0.25, -0.2) is 4.68 Å². The minimum Gasteiger partial charge on any atom is -0.344 e. The zero-order valence-corrected chi connectivity index (χ0v) is 18.9. The fraction of sp³-hybridized carbons (Fsp3) is 0.125. The molecule has 1 amide bonds. The lowest BCUT2D eigenvalue weighted by molar-refractivity contribution is -0.120. The van der Waals surface area contributed by atoms with Crippen LogP contribution in [0, 0.1) is 0 Å². The van der Waals surface area contributed by atoms with Gasteiger partial charge in [0.2, 0.25) is 11.1 Å². The SMILES string of the molecule is CC(Sc1nnc(-c2ccc(Cl)cc2)n1N)C(=O)NC(c1ccccc1)c1ccccc1. The maximum absolute atomic E-state index is 13.1. The second-order valence-corrected chi connectivity index (χ2v) is 8.95. The summed E-state index contributed by atoms with van der Waals surface area (Å²) in [5.74, 6) is 6.59. The largest absolute Gasteiger partial charge is 0.344 e. The molecule has 0 fully saturated rings. The number of carbonyl (C=O) groups excluding carboxylic acids is 1. The molecule has 0 spiro atoms. The number of aromatic nitrogens is 3. The smallest absolute Gasteiger partial charge is 0.234 e. The van der Waals surface area contributed by atoms with Gasteiger partial charge in [0.1, 0.15) is 0 Å². The lowest BCUT2D eigenvalue weighted by atomic mass is 9.98. The van der Waals surface area contributed by atoms with Gasteiger partial charge in [-0.3, -0.25) is 4.79 Å². The molecule has 0 radical (unpaired) electrons. The van der Waals surface area contributed by atoms with Gasteiger partial charge in [-0.1, -0.05) is 84.0 Å². The standard InChI is InChI=1S/C24H22ClN5OS/c1-16(32-24-29-28-22(30(24)26)19-12-14-20(25)15-13-19)23(31)27-21(17-8-4-2-5-9-17)18-10-6-3-7-11-18/h2-16,21H,26H2,1H3,(H,27,31). The molecule has 0 aliphatic heterocycles. The van der Waals surface area contributed by atoms with E-state index in [-0.39, 0.29) is 11.9 Å². The van der Waals surface area contributed by atoms with Gasteiger partial charge in [-0.15, -0.1) is 10.2 Å². The molecule has 0 aliphatic carbocycles. The Labute approximate surface area is 195 Å². The molecular weight excluding hydrogens is 442 g/mol. The average Bonchev–Trinajstić information content (AvgIpc) is 3.18. The van der Waals surface area contributed by atoms with Crippen LogP contribution in [0.3, 0.4) is 0 Å². The Hall–Kier alpha value is -3.29. The normalized spacial score (nSPS) is 12.0. The summed E-state index contributed by atoms with van der Waals surface area (Å²) in [6, 6.07) is 26.7. The summed E-state index contributed by atoms with van der Waals surface area (Å²) < 4.78 is 1.39. The summed E-state index contributed by atoms with van der Waals surface area (Å²) in [6.45, 7) is 1.82. The Morgan fingerprint density at radius 2 is 1.50 bits per heavy atom. The molecular formula is C24H22ClN5OS. The second kappa shape index (κ2) is 9.89. The van der Waals surface area contributed by atoms with E-state index < -0.39 is 5.25 Å². The molecule has 162 valence electrons. The average molecular weight is 464 g/mol. The van der Waals surface area contributed by atoms with Gasteiger partial charge in [0, 0.05) is 10.6 Å². The lowest BCUT2D eigenvalue weighted by Gasteiger charge is -2.22. The van der Waals surface area contributed by atoms with E-state index in [0.717, 1.165) is 16.7 Å². The van der Waals surface area contributed by atoms with Crippen LogP contribution in [-0.2, 0) is 4.79 Å². The quantitative estimate of drug-likeness (QED) is 0.306. The third-order valence-corrected chi connectivity index (χ3v) is 6.28. The Kier molecular flexibility index (Phi) is 6.78. The second-order valence-electron chi connectivity index (χ2n) is 7.21. The third-order valence-electron chi connectivity index (χ3n) is 4.97. The third kappa shape index (κ3) is 4.95. The number of amides is 1. The predicted molar refractivity (Wildman–Crippen MR) is 129 cm³/mol. The highest BCUT2D eigenvalue weighted by atomic mass is 35.5. The van der Waals surface area contributed by atoms with Crippen LogP contribution in [-0.4, -0.2) is 26.0 Å². The number of carbonyl (C=O) groups is 1. The molecule has 6 nitrogen and oxygen atoms in total. The van der Waals surface area contributed by atoms with Crippen molar-refractivity contribution in [2.45, 2.75) is 23.4 Å². The van der Waals surface area contributed by atoms with E-state index in [1.54, 1.807) is 12.1 Å². The van der Waals surface area contributed by atoms with Crippen LogP contribution in [0.5, 0.6) is 0 Å². The first-order chi connectivity index (χ1) is 15.5. The Balaban J connectivity index is 1.50. The molecule has 0 saturated carbocycles. The molecule has 1 unspecified atom stereocenters. The van der Waals surface area contributed by atoms with Crippen LogP contribution in [0.2, 0.25) is 5.02 Å². The van der Waals surface area contributed by atoms with Crippen LogP contribution < -0.4 is 11.2 Å². The van der Waals surface area contributed by atoms with Gasteiger partial charge in [-0.2, -0.15) is 0 Å². The van der Waals surface area contributed by atoms with Crippen molar-refractivity contribution in [3.05, 3.63) is 101 Å². The monoisotopic (exact) mass is 463 g/mol. The summed E-state index contributed by atoms with van der Waals surface area (Å²) in [6.07, 6.45) is 0. The molecule has 0 saturated heterocycles. The molecule has 4 rings (SSSR count). The number of benzene rings is 3. The minimum atomic E-state index is -0.436. The van der Waals surface area contributed by atoms with E-state index in [2.05, 4.69) is 15.5 Å². The number of nitrogens with one attached hydrogen (secondary N) is 1. The number of hydrogen-bond acceptors (Lipinski definition) is 5. The van der Waals surface area contributed by atoms with Crippen molar-refractivity contribution in [2.75, 3.05) is 5.84 Å². The number of hydrogen-bond donors (Lipinski definition) is 2. The first-order valence-corrected chi connectivity index (χ1v) is 11.3. The van der Waals surface area contributed by atoms with E-state index in [9.17, 15) is 4.79 Å². The molecule has 0 aliphatic rings. The molecule has 3 aromatic carbocycles. The van der Waals surface area contributed by atoms with Crippen molar-refractivity contribution in [3.8, 4) is 11.4 Å². The number of nitrogens with zero attached hydrogens (tertiary/aromatic N) is 3. The molecule has 4 aromatic rings. The van der Waals surface area contributed by atoms with Crippen LogP contribution >= 0.6 is 23.4 Å². The van der Waals surface area contributed by atoms with Gasteiger partial charge in [-0.05, 0) is 42.3 Å². The zero-order valence-electron chi connectivity index (χ0n) is 17.4. The van der Waals surface area contributed by atoms with Crippen LogP contribution in [0.25, 0.3) is 11.4 Å². The van der Waals surface area contributed by atoms with Crippen molar-refractivity contribution < 1.29 is 4.79 Å². The zero-order chi connectivity index (χ0) is 22.5. The maximum atomic E-state index is 13.1. The molecule has 1 heterocycles. The highest BCUT2D eigenvalue weighted by molar-refractivity contribution is 8.00. The van der Waals surface area contributed by atoms with E-state index in [0.29, 0.717) is 16.0 Å². The maximum Gasteiger partial charge on any atom is 0.234 e. The Morgan fingerprint density at radius 3 is 2.06 bits per heavy atom. The van der Waals surface area contributed by atoms with E-state index in [4.69, 9.17) is 17.4 Å². The first kappa shape index (κ1) is 21.9. The fourth-order valence-electron chi connectivity index (χ4n) is 3.27. The summed E-state index contributed by atoms with van der Waals surface area (Å²) >= 11 is 7.21. The van der Waals surface area contributed by atoms with Crippen molar-refractivity contribution in [1.29, 1.82) is 0 Å². The van der Waals surface area contributed by atoms with Crippen LogP contribution in [0.1, 0.15) is 24.1 Å². The molecule has 3 N–H and O–H groups in total. The minimum absolute atomic E-state index is 0.122. The van der Waals surface area contributed by atoms with Gasteiger partial charge < -0.3 is 11.2 Å². The molecule has 8 heteroatoms. The van der Waals surface area contributed by atoms with Crippen molar-refractivity contribution in [1.82, 2.24) is 20.2 Å². The van der Waals surface area contributed by atoms with Crippen molar-refractivity contribution >= 4 is 29.3 Å². The number of nitrogens with two attached hydrogens (primary N) is 1. The van der Waals surface area contributed by atoms with Crippen LogP contribution in [0.15, 0.2) is 90.1 Å². The van der Waals surface area contributed by atoms with Gasteiger partial charge in [0.05, 0.1) is 11.3 Å². The van der Waals surface area contributed by atoms with Gasteiger partial charge in [0.15, 0.2) is 5.82 Å². The fourth-order valence-corrected chi connectivity index (χ4v) is 4.18. The first-order valence-electron chi connectivity index (χ1n) is 10.1. The number of thioether (sulfide) groups is 1. The summed E-state index contributed by atoms with van der Waals surface area (Å²) in [5, 5.41) is 12.2. The van der Waals surface area contributed by atoms with Crippen LogP contribution in [0.4, 0.5) is 0 Å². The summed E-state index contributed by atoms with van der Waals surface area (Å²) in [7, 11) is 0. The number of rotatable bonds is 7. The molecule has 1 aromatic heterocycles. The van der Waals surface area contributed by atoms with E-state index in [1.165, 1.54) is 16.4 Å². The summed E-state index contributed by atoms with van der Waals surface area (Å²) in [4.78, 5) is 13.1. The van der Waals surface area contributed by atoms with Crippen molar-refractivity contribution in [2.24, 2.45) is 0 Å². The topological polar surface area (TPSA) is 85.8 Å². The molecule has 32 heavy (non-hydrogen) atoms. The predicted octanol–water partition coefficient (Wildman–Crippen LogP) is 4.70. The molecule has 1 atom stereocenters. The Morgan fingerprint density at radius 1 is 0.938 bits per heavy atom. The molecule has 0 bridgehead atoms. The van der Waals surface area contributed by atoms with Crippen molar-refractivity contribution in [3.63, 3.8) is 0 Å². The van der Waals surface area contributed by atoms with Gasteiger partial charge in [0.25, 0.3) is 0 Å². The van der Waals surface area contributed by atoms with E-state index in [1.807, 2.05) is 79.7 Å². The number of halogens is 1. The highest BCUT2D eigenvalue weighted by Gasteiger charge is 2.23. The van der Waals surface area contributed by atoms with Gasteiger partial charge >= 0.3 is 0 Å². The lowest BCUT2D eigenvalue weighted by Crippen LogP contribution is -2.35. The summed E-state index contributed by atoms with van der Waals surface area (Å²) in [5.41, 5.74) is 2.81. The van der Waals surface area contributed by atoms with E-state index >= 15 is 0 Å². The Bertz CT molecular complexity index is 1140.